The zero-order chi connectivity index (χ0) is 15.4. The van der Waals surface area contributed by atoms with Crippen LogP contribution >= 0.6 is 15.9 Å². The third-order valence-electron chi connectivity index (χ3n) is 3.03. The fourth-order valence-corrected chi connectivity index (χ4v) is 2.31. The van der Waals surface area contributed by atoms with E-state index in [0.29, 0.717) is 18.5 Å². The molecule has 2 amide bonds. The van der Waals surface area contributed by atoms with Crippen LogP contribution in [0.15, 0.2) is 28.7 Å². The van der Waals surface area contributed by atoms with E-state index in [1.165, 1.54) is 6.92 Å². The second-order valence-electron chi connectivity index (χ2n) is 4.74. The van der Waals surface area contributed by atoms with Crippen molar-refractivity contribution >= 4 is 39.4 Å². The molecule has 112 valence electrons. The van der Waals surface area contributed by atoms with E-state index in [0.717, 1.165) is 4.47 Å². The molecule has 0 saturated carbocycles. The lowest BCUT2D eigenvalue weighted by Crippen LogP contribution is -2.39. The van der Waals surface area contributed by atoms with Crippen molar-refractivity contribution in [3.63, 3.8) is 0 Å². The van der Waals surface area contributed by atoms with Gasteiger partial charge in [0.05, 0.1) is 0 Å². The summed E-state index contributed by atoms with van der Waals surface area (Å²) in [6, 6.07) is 6.43. The Labute approximate surface area is 130 Å². The molecule has 0 unspecified atom stereocenters. The van der Waals surface area contributed by atoms with Crippen LogP contribution in [0.25, 0.3) is 0 Å². The number of ether oxygens (including phenoxy) is 1. The first-order chi connectivity index (χ1) is 9.95. The van der Waals surface area contributed by atoms with Gasteiger partial charge in [0.15, 0.2) is 6.10 Å². The average molecular weight is 355 g/mol. The molecule has 0 bridgehead atoms. The lowest BCUT2D eigenvalue weighted by atomic mass is 10.2. The molecule has 1 aliphatic rings. The van der Waals surface area contributed by atoms with E-state index in [2.05, 4.69) is 26.6 Å². The first-order valence-corrected chi connectivity index (χ1v) is 7.31. The maximum atomic E-state index is 11.9. The summed E-state index contributed by atoms with van der Waals surface area (Å²) >= 11 is 3.30. The third kappa shape index (κ3) is 4.29. The fourth-order valence-electron chi connectivity index (χ4n) is 1.91. The quantitative estimate of drug-likeness (QED) is 0.804. The number of hydrogen-bond donors (Lipinski definition) is 2. The van der Waals surface area contributed by atoms with Crippen LogP contribution in [0.4, 0.5) is 5.69 Å². The third-order valence-corrected chi connectivity index (χ3v) is 3.53. The van der Waals surface area contributed by atoms with E-state index in [9.17, 15) is 14.4 Å². The topological polar surface area (TPSA) is 84.5 Å². The second-order valence-corrected chi connectivity index (χ2v) is 5.65. The van der Waals surface area contributed by atoms with E-state index in [1.54, 1.807) is 18.2 Å². The molecule has 1 fully saturated rings. The Morgan fingerprint density at radius 2 is 2.24 bits per heavy atom. The van der Waals surface area contributed by atoms with Crippen LogP contribution in [0.5, 0.6) is 0 Å². The van der Waals surface area contributed by atoms with Crippen LogP contribution in [0.1, 0.15) is 19.8 Å². The number of anilines is 1. The van der Waals surface area contributed by atoms with Gasteiger partial charge < -0.3 is 15.4 Å². The first-order valence-electron chi connectivity index (χ1n) is 6.52. The number of rotatable bonds is 4. The zero-order valence-corrected chi connectivity index (χ0v) is 13.0. The Morgan fingerprint density at radius 1 is 1.48 bits per heavy atom. The summed E-state index contributed by atoms with van der Waals surface area (Å²) < 4.78 is 5.90. The molecular weight excluding hydrogens is 340 g/mol. The maximum absolute atomic E-state index is 11.9. The van der Waals surface area contributed by atoms with Crippen LogP contribution in [0.3, 0.4) is 0 Å². The molecule has 0 radical (unpaired) electrons. The van der Waals surface area contributed by atoms with Crippen molar-refractivity contribution in [3.05, 3.63) is 28.7 Å². The van der Waals surface area contributed by atoms with E-state index in [-0.39, 0.29) is 5.91 Å². The van der Waals surface area contributed by atoms with Crippen LogP contribution in [-0.4, -0.2) is 29.9 Å². The van der Waals surface area contributed by atoms with E-state index < -0.39 is 24.0 Å². The van der Waals surface area contributed by atoms with Crippen LogP contribution < -0.4 is 10.6 Å². The number of amides is 2. The number of halogens is 1. The van der Waals surface area contributed by atoms with Gasteiger partial charge >= 0.3 is 5.97 Å². The Hall–Kier alpha value is -1.89. The smallest absolute Gasteiger partial charge is 0.329 e. The standard InChI is InChI=1S/C14H15BrN2O4/c1-8(21-14(20)11-5-6-12(18)17-11)13(19)16-10-4-2-3-9(15)7-10/h2-4,7-8,11H,5-6H2,1H3,(H,16,19)(H,17,18)/t8-,11+/m1/s1. The minimum Gasteiger partial charge on any atom is -0.451 e. The summed E-state index contributed by atoms with van der Waals surface area (Å²) in [6.45, 7) is 1.49. The molecule has 1 aromatic rings. The Bertz CT molecular complexity index is 576. The van der Waals surface area contributed by atoms with Crippen molar-refractivity contribution in [3.8, 4) is 0 Å². The largest absolute Gasteiger partial charge is 0.451 e. The molecule has 6 nitrogen and oxygen atoms in total. The zero-order valence-electron chi connectivity index (χ0n) is 11.4. The molecular formula is C14H15BrN2O4. The highest BCUT2D eigenvalue weighted by Gasteiger charge is 2.30. The number of hydrogen-bond acceptors (Lipinski definition) is 4. The second kappa shape index (κ2) is 6.71. The van der Waals surface area contributed by atoms with Crippen molar-refractivity contribution in [2.45, 2.75) is 31.9 Å². The minimum absolute atomic E-state index is 0.178. The molecule has 2 atom stereocenters. The molecule has 1 heterocycles. The van der Waals surface area contributed by atoms with Gasteiger partial charge in [0.1, 0.15) is 6.04 Å². The summed E-state index contributed by atoms with van der Waals surface area (Å²) in [7, 11) is 0. The summed E-state index contributed by atoms with van der Waals surface area (Å²) in [5.74, 6) is -1.19. The van der Waals surface area contributed by atoms with Crippen molar-refractivity contribution < 1.29 is 19.1 Å². The van der Waals surface area contributed by atoms with Gasteiger partial charge in [-0.2, -0.15) is 0 Å². The molecule has 1 saturated heterocycles. The van der Waals surface area contributed by atoms with E-state index in [1.807, 2.05) is 6.07 Å². The summed E-state index contributed by atoms with van der Waals surface area (Å²) in [5, 5.41) is 5.16. The molecule has 0 aromatic heterocycles. The van der Waals surface area contributed by atoms with Gasteiger partial charge in [-0.05, 0) is 31.5 Å². The molecule has 1 aromatic carbocycles. The Balaban J connectivity index is 1.87. The molecule has 21 heavy (non-hydrogen) atoms. The summed E-state index contributed by atoms with van der Waals surface area (Å²) in [4.78, 5) is 34.8. The molecule has 0 spiro atoms. The van der Waals surface area contributed by atoms with Gasteiger partial charge in [-0.3, -0.25) is 9.59 Å². The van der Waals surface area contributed by atoms with Gasteiger partial charge in [0, 0.05) is 16.6 Å². The van der Waals surface area contributed by atoms with Gasteiger partial charge in [-0.1, -0.05) is 22.0 Å². The summed E-state index contributed by atoms with van der Waals surface area (Å²) in [6.07, 6.45) is -0.232. The monoisotopic (exact) mass is 354 g/mol. The van der Waals surface area contributed by atoms with Gasteiger partial charge in [0.2, 0.25) is 5.91 Å². The lowest BCUT2D eigenvalue weighted by Gasteiger charge is -2.16. The Kier molecular flexibility index (Phi) is 4.95. The van der Waals surface area contributed by atoms with Gasteiger partial charge in [-0.15, -0.1) is 0 Å². The van der Waals surface area contributed by atoms with E-state index >= 15 is 0 Å². The number of nitrogens with one attached hydrogen (secondary N) is 2. The number of esters is 1. The highest BCUT2D eigenvalue weighted by atomic mass is 79.9. The number of carbonyl (C=O) groups excluding carboxylic acids is 3. The Morgan fingerprint density at radius 3 is 2.86 bits per heavy atom. The molecule has 7 heteroatoms. The van der Waals surface area contributed by atoms with E-state index in [4.69, 9.17) is 4.74 Å². The minimum atomic E-state index is -0.936. The molecule has 2 N–H and O–H groups in total. The van der Waals surface area contributed by atoms with Gasteiger partial charge in [-0.25, -0.2) is 4.79 Å². The maximum Gasteiger partial charge on any atom is 0.329 e. The van der Waals surface area contributed by atoms with Crippen molar-refractivity contribution in [1.82, 2.24) is 5.32 Å². The van der Waals surface area contributed by atoms with Crippen molar-refractivity contribution in [2.24, 2.45) is 0 Å². The molecule has 1 aliphatic heterocycles. The average Bonchev–Trinajstić information content (AvgIpc) is 2.85. The normalized spacial score (nSPS) is 18.8. The van der Waals surface area contributed by atoms with Crippen molar-refractivity contribution in [2.75, 3.05) is 5.32 Å². The van der Waals surface area contributed by atoms with Crippen LogP contribution in [0, 0.1) is 0 Å². The highest BCUT2D eigenvalue weighted by molar-refractivity contribution is 9.10. The summed E-state index contributed by atoms with van der Waals surface area (Å²) in [5.41, 5.74) is 0.603. The first kappa shape index (κ1) is 15.5. The molecule has 0 aliphatic carbocycles. The number of carbonyl (C=O) groups is 3. The molecule has 2 rings (SSSR count). The van der Waals surface area contributed by atoms with Crippen LogP contribution in [0.2, 0.25) is 0 Å². The van der Waals surface area contributed by atoms with Crippen molar-refractivity contribution in [1.29, 1.82) is 0 Å². The lowest BCUT2D eigenvalue weighted by molar-refractivity contribution is -0.155. The number of benzene rings is 1. The fraction of sp³-hybridized carbons (Fsp3) is 0.357. The highest BCUT2D eigenvalue weighted by Crippen LogP contribution is 2.16. The predicted molar refractivity (Wildman–Crippen MR) is 79.5 cm³/mol. The SMILES string of the molecule is C[C@@H](OC(=O)[C@@H]1CCC(=O)N1)C(=O)Nc1cccc(Br)c1. The van der Waals surface area contributed by atoms with Gasteiger partial charge in [0.25, 0.3) is 5.91 Å². The predicted octanol–water partition coefficient (Wildman–Crippen LogP) is 1.60. The van der Waals surface area contributed by atoms with Crippen LogP contribution in [-0.2, 0) is 19.1 Å².